The van der Waals surface area contributed by atoms with E-state index in [1.165, 1.54) is 0 Å². The molecular formula is C9H11N3. The van der Waals surface area contributed by atoms with E-state index in [1.54, 1.807) is 18.5 Å². The highest BCUT2D eigenvalue weighted by atomic mass is 14.7. The molecule has 0 aliphatic carbocycles. The van der Waals surface area contributed by atoms with Crippen molar-refractivity contribution in [1.29, 1.82) is 0 Å². The largest absolute Gasteiger partial charge is 0.396 e. The van der Waals surface area contributed by atoms with E-state index in [0.717, 1.165) is 5.56 Å². The Labute approximate surface area is 71.8 Å². The van der Waals surface area contributed by atoms with Gasteiger partial charge in [-0.15, -0.1) is 0 Å². The predicted octanol–water partition coefficient (Wildman–Crippen LogP) is 0.364. The van der Waals surface area contributed by atoms with Gasteiger partial charge < -0.3 is 11.5 Å². The van der Waals surface area contributed by atoms with Crippen LogP contribution in [0.5, 0.6) is 0 Å². The van der Waals surface area contributed by atoms with Crippen molar-refractivity contribution in [3.8, 4) is 11.8 Å². The molecule has 62 valence electrons. The molecule has 12 heavy (non-hydrogen) atoms. The standard InChI is InChI=1S/C9H11N3/c10-5-2-1-3-8-4-6-12-7-9(8)11/h4,6-7H,2,5,10-11H2. The van der Waals surface area contributed by atoms with Crippen LogP contribution >= 0.6 is 0 Å². The minimum absolute atomic E-state index is 0.581. The van der Waals surface area contributed by atoms with Crippen molar-refractivity contribution < 1.29 is 0 Å². The summed E-state index contributed by atoms with van der Waals surface area (Å²) in [7, 11) is 0. The Bertz CT molecular complexity index is 309. The fourth-order valence-electron chi connectivity index (χ4n) is 0.750. The number of aromatic nitrogens is 1. The minimum Gasteiger partial charge on any atom is -0.396 e. The van der Waals surface area contributed by atoms with Crippen LogP contribution < -0.4 is 11.5 Å². The first-order chi connectivity index (χ1) is 5.84. The van der Waals surface area contributed by atoms with Crippen molar-refractivity contribution in [2.75, 3.05) is 12.3 Å². The summed E-state index contributed by atoms with van der Waals surface area (Å²) in [6, 6.07) is 1.79. The Balaban J connectivity index is 2.77. The second-order valence-electron chi connectivity index (χ2n) is 2.30. The molecule has 4 N–H and O–H groups in total. The van der Waals surface area contributed by atoms with E-state index >= 15 is 0 Å². The number of nitrogen functional groups attached to an aromatic ring is 1. The molecule has 0 unspecified atom stereocenters. The Morgan fingerprint density at radius 2 is 2.33 bits per heavy atom. The van der Waals surface area contributed by atoms with Gasteiger partial charge in [0, 0.05) is 19.2 Å². The van der Waals surface area contributed by atoms with E-state index in [1.807, 2.05) is 0 Å². The van der Waals surface area contributed by atoms with Gasteiger partial charge in [-0.2, -0.15) is 0 Å². The summed E-state index contributed by atoms with van der Waals surface area (Å²) in [6.45, 7) is 0.581. The molecular weight excluding hydrogens is 150 g/mol. The molecule has 1 aromatic rings. The first-order valence-corrected chi connectivity index (χ1v) is 3.73. The van der Waals surface area contributed by atoms with Crippen molar-refractivity contribution in [2.45, 2.75) is 6.42 Å². The molecule has 0 saturated carbocycles. The molecule has 3 heteroatoms. The fourth-order valence-corrected chi connectivity index (χ4v) is 0.750. The maximum Gasteiger partial charge on any atom is 0.0659 e. The maximum absolute atomic E-state index is 5.61. The van der Waals surface area contributed by atoms with Gasteiger partial charge in [0.05, 0.1) is 17.4 Å². The third-order valence-corrected chi connectivity index (χ3v) is 1.34. The first-order valence-electron chi connectivity index (χ1n) is 3.73. The third-order valence-electron chi connectivity index (χ3n) is 1.34. The van der Waals surface area contributed by atoms with E-state index in [-0.39, 0.29) is 0 Å². The summed E-state index contributed by atoms with van der Waals surface area (Å²) < 4.78 is 0. The van der Waals surface area contributed by atoms with E-state index in [9.17, 15) is 0 Å². The molecule has 0 atom stereocenters. The van der Waals surface area contributed by atoms with Crippen LogP contribution in [-0.2, 0) is 0 Å². The van der Waals surface area contributed by atoms with Crippen LogP contribution in [0.3, 0.4) is 0 Å². The Morgan fingerprint density at radius 1 is 1.50 bits per heavy atom. The summed E-state index contributed by atoms with van der Waals surface area (Å²) in [4.78, 5) is 3.86. The van der Waals surface area contributed by atoms with Crippen LogP contribution in [-0.4, -0.2) is 11.5 Å². The van der Waals surface area contributed by atoms with Gasteiger partial charge in [0.25, 0.3) is 0 Å². The fraction of sp³-hybridized carbons (Fsp3) is 0.222. The van der Waals surface area contributed by atoms with Gasteiger partial charge in [-0.1, -0.05) is 11.8 Å². The number of nitrogens with two attached hydrogens (primary N) is 2. The molecule has 3 nitrogen and oxygen atoms in total. The number of hydrogen-bond donors (Lipinski definition) is 2. The number of rotatable bonds is 1. The molecule has 0 aliphatic heterocycles. The monoisotopic (exact) mass is 161 g/mol. The highest BCUT2D eigenvalue weighted by molar-refractivity contribution is 5.53. The van der Waals surface area contributed by atoms with Crippen molar-refractivity contribution in [1.82, 2.24) is 4.98 Å². The van der Waals surface area contributed by atoms with Gasteiger partial charge in [-0.05, 0) is 6.07 Å². The molecule has 0 saturated heterocycles. The minimum atomic E-state index is 0.581. The van der Waals surface area contributed by atoms with Gasteiger partial charge in [0.1, 0.15) is 0 Å². The molecule has 0 aliphatic rings. The van der Waals surface area contributed by atoms with Crippen LogP contribution in [0.25, 0.3) is 0 Å². The average molecular weight is 161 g/mol. The molecule has 0 amide bonds. The predicted molar refractivity (Wildman–Crippen MR) is 49.2 cm³/mol. The highest BCUT2D eigenvalue weighted by Gasteiger charge is 1.90. The summed E-state index contributed by atoms with van der Waals surface area (Å²) in [6.07, 6.45) is 3.96. The number of pyridine rings is 1. The zero-order valence-electron chi connectivity index (χ0n) is 6.75. The van der Waals surface area contributed by atoms with Gasteiger partial charge in [-0.3, -0.25) is 4.98 Å². The summed E-state index contributed by atoms with van der Waals surface area (Å²) in [5, 5.41) is 0. The topological polar surface area (TPSA) is 64.9 Å². The van der Waals surface area contributed by atoms with Gasteiger partial charge in [-0.25, -0.2) is 0 Å². The molecule has 0 aromatic carbocycles. The van der Waals surface area contributed by atoms with Gasteiger partial charge in [0.15, 0.2) is 0 Å². The lowest BCUT2D eigenvalue weighted by molar-refractivity contribution is 1.03. The highest BCUT2D eigenvalue weighted by Crippen LogP contribution is 2.05. The van der Waals surface area contributed by atoms with Crippen molar-refractivity contribution >= 4 is 5.69 Å². The Kier molecular flexibility index (Phi) is 3.12. The summed E-state index contributed by atoms with van der Waals surface area (Å²) in [5.41, 5.74) is 12.3. The summed E-state index contributed by atoms with van der Waals surface area (Å²) in [5.74, 6) is 5.83. The van der Waals surface area contributed by atoms with Crippen molar-refractivity contribution in [3.63, 3.8) is 0 Å². The quantitative estimate of drug-likeness (QED) is 0.585. The SMILES string of the molecule is NCCC#Cc1ccncc1N. The molecule has 0 radical (unpaired) electrons. The molecule has 1 rings (SSSR count). The smallest absolute Gasteiger partial charge is 0.0659 e. The Morgan fingerprint density at radius 3 is 3.00 bits per heavy atom. The molecule has 1 heterocycles. The van der Waals surface area contributed by atoms with Crippen LogP contribution in [0.4, 0.5) is 5.69 Å². The molecule has 1 aromatic heterocycles. The average Bonchev–Trinajstić information content (AvgIpc) is 2.09. The normalized spacial score (nSPS) is 8.75. The Hall–Kier alpha value is -1.53. The van der Waals surface area contributed by atoms with Gasteiger partial charge >= 0.3 is 0 Å². The second kappa shape index (κ2) is 4.37. The molecule has 0 spiro atoms. The van der Waals surface area contributed by atoms with Crippen LogP contribution in [0, 0.1) is 11.8 Å². The number of nitrogens with zero attached hydrogens (tertiary/aromatic N) is 1. The zero-order valence-corrected chi connectivity index (χ0v) is 6.75. The summed E-state index contributed by atoms with van der Waals surface area (Å²) >= 11 is 0. The molecule has 0 fully saturated rings. The van der Waals surface area contributed by atoms with Crippen LogP contribution in [0.2, 0.25) is 0 Å². The van der Waals surface area contributed by atoms with E-state index in [0.29, 0.717) is 18.7 Å². The van der Waals surface area contributed by atoms with E-state index in [2.05, 4.69) is 16.8 Å². The van der Waals surface area contributed by atoms with Crippen molar-refractivity contribution in [3.05, 3.63) is 24.0 Å². The van der Waals surface area contributed by atoms with Gasteiger partial charge in [0.2, 0.25) is 0 Å². The molecule has 0 bridgehead atoms. The van der Waals surface area contributed by atoms with E-state index < -0.39 is 0 Å². The lowest BCUT2D eigenvalue weighted by Crippen LogP contribution is -1.96. The first kappa shape index (κ1) is 8.57. The van der Waals surface area contributed by atoms with E-state index in [4.69, 9.17) is 11.5 Å². The van der Waals surface area contributed by atoms with Crippen LogP contribution in [0.1, 0.15) is 12.0 Å². The number of hydrogen-bond acceptors (Lipinski definition) is 3. The van der Waals surface area contributed by atoms with Crippen LogP contribution in [0.15, 0.2) is 18.5 Å². The lowest BCUT2D eigenvalue weighted by Gasteiger charge is -1.93. The van der Waals surface area contributed by atoms with Crippen molar-refractivity contribution in [2.24, 2.45) is 5.73 Å². The zero-order chi connectivity index (χ0) is 8.81. The lowest BCUT2D eigenvalue weighted by atomic mass is 10.2. The second-order valence-corrected chi connectivity index (χ2v) is 2.30. The third kappa shape index (κ3) is 2.26. The number of anilines is 1. The maximum atomic E-state index is 5.61.